The van der Waals surface area contributed by atoms with E-state index in [4.69, 9.17) is 0 Å². The second-order valence-electron chi connectivity index (χ2n) is 3.92. The molecular weight excluding hydrogens is 164 g/mol. The first-order valence-corrected chi connectivity index (χ1v) is 4.91. The minimum atomic E-state index is -0.157. The van der Waals surface area contributed by atoms with Gasteiger partial charge in [0.1, 0.15) is 5.84 Å². The smallest absolute Gasteiger partial charge is 0.123 e. The van der Waals surface area contributed by atoms with Crippen molar-refractivity contribution in [2.75, 3.05) is 19.6 Å². The number of nitrogens with zero attached hydrogens (tertiary/aromatic N) is 2. The third-order valence-corrected chi connectivity index (χ3v) is 2.60. The van der Waals surface area contributed by atoms with Crippen molar-refractivity contribution < 1.29 is 5.11 Å². The monoisotopic (exact) mass is 180 g/mol. The summed E-state index contributed by atoms with van der Waals surface area (Å²) in [4.78, 5) is 6.63. The zero-order chi connectivity index (χ0) is 9.26. The fourth-order valence-electron chi connectivity index (χ4n) is 1.76. The third kappa shape index (κ3) is 1.91. The van der Waals surface area contributed by atoms with Gasteiger partial charge in [-0.1, -0.05) is 13.0 Å². The first kappa shape index (κ1) is 8.75. The summed E-state index contributed by atoms with van der Waals surface area (Å²) < 4.78 is 0. The number of dihydropyridines is 1. The molecule has 2 aliphatic heterocycles. The van der Waals surface area contributed by atoms with Crippen molar-refractivity contribution in [3.05, 3.63) is 12.2 Å². The van der Waals surface area contributed by atoms with Crippen LogP contribution in [-0.2, 0) is 0 Å². The van der Waals surface area contributed by atoms with Crippen LogP contribution in [0, 0.1) is 5.92 Å². The molecule has 2 atom stereocenters. The summed E-state index contributed by atoms with van der Waals surface area (Å²) >= 11 is 0. The standard InChI is InChI=1S/C10H16N2O/c1-8-2-3-10(11-6-8)12-5-4-9(13)7-12/h2-3,8-9,13H,4-7H2,1H3. The summed E-state index contributed by atoms with van der Waals surface area (Å²) in [5, 5.41) is 9.36. The molecule has 2 aliphatic rings. The Kier molecular flexibility index (Phi) is 2.36. The van der Waals surface area contributed by atoms with E-state index in [0.717, 1.165) is 31.9 Å². The molecule has 2 unspecified atom stereocenters. The van der Waals surface area contributed by atoms with E-state index in [2.05, 4.69) is 29.0 Å². The van der Waals surface area contributed by atoms with E-state index in [1.54, 1.807) is 0 Å². The molecule has 0 saturated carbocycles. The summed E-state index contributed by atoms with van der Waals surface area (Å²) in [6, 6.07) is 0. The molecule has 0 amide bonds. The van der Waals surface area contributed by atoms with Gasteiger partial charge in [0.25, 0.3) is 0 Å². The number of rotatable bonds is 0. The minimum absolute atomic E-state index is 0.157. The van der Waals surface area contributed by atoms with Gasteiger partial charge in [-0.05, 0) is 18.4 Å². The highest BCUT2D eigenvalue weighted by Crippen LogP contribution is 2.13. The first-order chi connectivity index (χ1) is 6.25. The lowest BCUT2D eigenvalue weighted by atomic mass is 10.1. The fourth-order valence-corrected chi connectivity index (χ4v) is 1.76. The van der Waals surface area contributed by atoms with Gasteiger partial charge in [-0.15, -0.1) is 0 Å². The molecule has 2 rings (SSSR count). The Morgan fingerprint density at radius 2 is 2.46 bits per heavy atom. The second-order valence-corrected chi connectivity index (χ2v) is 3.92. The van der Waals surface area contributed by atoms with E-state index in [1.807, 2.05) is 0 Å². The fraction of sp³-hybridized carbons (Fsp3) is 0.700. The van der Waals surface area contributed by atoms with E-state index in [0.29, 0.717) is 5.92 Å². The van der Waals surface area contributed by atoms with Crippen LogP contribution in [0.25, 0.3) is 0 Å². The Balaban J connectivity index is 1.99. The van der Waals surface area contributed by atoms with E-state index >= 15 is 0 Å². The molecule has 0 aromatic heterocycles. The molecule has 72 valence electrons. The number of aliphatic hydroxyl groups is 1. The summed E-state index contributed by atoms with van der Waals surface area (Å²) in [6.45, 7) is 4.74. The second kappa shape index (κ2) is 3.50. The van der Waals surface area contributed by atoms with Crippen molar-refractivity contribution >= 4 is 5.84 Å². The Morgan fingerprint density at radius 1 is 1.62 bits per heavy atom. The lowest BCUT2D eigenvalue weighted by Crippen LogP contribution is -2.30. The molecule has 13 heavy (non-hydrogen) atoms. The quantitative estimate of drug-likeness (QED) is 0.594. The van der Waals surface area contributed by atoms with Gasteiger partial charge in [-0.3, -0.25) is 4.99 Å². The SMILES string of the molecule is CC1C=CC(N2CCC(O)C2)=NC1. The van der Waals surface area contributed by atoms with Crippen molar-refractivity contribution in [1.82, 2.24) is 4.90 Å². The average molecular weight is 180 g/mol. The van der Waals surface area contributed by atoms with Crippen LogP contribution in [0.3, 0.4) is 0 Å². The third-order valence-electron chi connectivity index (χ3n) is 2.60. The van der Waals surface area contributed by atoms with Gasteiger partial charge in [0.15, 0.2) is 0 Å². The van der Waals surface area contributed by atoms with Crippen molar-refractivity contribution in [3.8, 4) is 0 Å². The Hall–Kier alpha value is -0.830. The summed E-state index contributed by atoms with van der Waals surface area (Å²) in [7, 11) is 0. The largest absolute Gasteiger partial charge is 0.391 e. The normalized spacial score (nSPS) is 33.7. The van der Waals surface area contributed by atoms with Crippen LogP contribution in [0.2, 0.25) is 0 Å². The van der Waals surface area contributed by atoms with Gasteiger partial charge in [-0.2, -0.15) is 0 Å². The minimum Gasteiger partial charge on any atom is -0.391 e. The predicted octanol–water partition coefficient (Wildman–Crippen LogP) is 0.657. The maximum absolute atomic E-state index is 9.36. The number of hydrogen-bond donors (Lipinski definition) is 1. The zero-order valence-corrected chi connectivity index (χ0v) is 7.98. The van der Waals surface area contributed by atoms with Crippen molar-refractivity contribution in [2.45, 2.75) is 19.4 Å². The molecule has 0 spiro atoms. The van der Waals surface area contributed by atoms with Gasteiger partial charge in [-0.25, -0.2) is 0 Å². The zero-order valence-electron chi connectivity index (χ0n) is 7.98. The van der Waals surface area contributed by atoms with Crippen LogP contribution in [0.4, 0.5) is 0 Å². The van der Waals surface area contributed by atoms with Crippen molar-refractivity contribution in [1.29, 1.82) is 0 Å². The summed E-state index contributed by atoms with van der Waals surface area (Å²) in [5.74, 6) is 1.62. The maximum atomic E-state index is 9.36. The van der Waals surface area contributed by atoms with Crippen LogP contribution in [0.15, 0.2) is 17.1 Å². The average Bonchev–Trinajstić information content (AvgIpc) is 2.53. The molecule has 1 fully saturated rings. The van der Waals surface area contributed by atoms with E-state index < -0.39 is 0 Å². The number of aliphatic imine (C=N–C) groups is 1. The van der Waals surface area contributed by atoms with Gasteiger partial charge >= 0.3 is 0 Å². The number of likely N-dealkylation sites (tertiary alicyclic amines) is 1. The Morgan fingerprint density at radius 3 is 3.00 bits per heavy atom. The molecule has 3 nitrogen and oxygen atoms in total. The molecule has 0 aliphatic carbocycles. The molecule has 0 bridgehead atoms. The number of β-amino-alcohol motifs (C(OH)–C–C–N with tert-alkyl or cyclic N) is 1. The van der Waals surface area contributed by atoms with E-state index in [9.17, 15) is 5.11 Å². The molecule has 1 saturated heterocycles. The van der Waals surface area contributed by atoms with Crippen LogP contribution in [0.1, 0.15) is 13.3 Å². The molecule has 0 radical (unpaired) electrons. The molecule has 0 aromatic carbocycles. The van der Waals surface area contributed by atoms with Crippen LogP contribution < -0.4 is 0 Å². The predicted molar refractivity (Wildman–Crippen MR) is 52.8 cm³/mol. The molecule has 3 heteroatoms. The first-order valence-electron chi connectivity index (χ1n) is 4.91. The van der Waals surface area contributed by atoms with Gasteiger partial charge in [0.05, 0.1) is 6.10 Å². The number of hydrogen-bond acceptors (Lipinski definition) is 3. The highest BCUT2D eigenvalue weighted by Gasteiger charge is 2.22. The summed E-state index contributed by atoms with van der Waals surface area (Å²) in [6.07, 6.45) is 4.98. The lowest BCUT2D eigenvalue weighted by Gasteiger charge is -2.21. The molecular formula is C10H16N2O. The maximum Gasteiger partial charge on any atom is 0.123 e. The Bertz CT molecular complexity index is 247. The van der Waals surface area contributed by atoms with Crippen molar-refractivity contribution in [2.24, 2.45) is 10.9 Å². The molecule has 1 N–H and O–H groups in total. The highest BCUT2D eigenvalue weighted by atomic mass is 16.3. The van der Waals surface area contributed by atoms with Crippen LogP contribution in [0.5, 0.6) is 0 Å². The van der Waals surface area contributed by atoms with Gasteiger partial charge in [0, 0.05) is 19.6 Å². The van der Waals surface area contributed by atoms with Crippen molar-refractivity contribution in [3.63, 3.8) is 0 Å². The van der Waals surface area contributed by atoms with Crippen LogP contribution in [-0.4, -0.2) is 41.6 Å². The van der Waals surface area contributed by atoms with E-state index in [-0.39, 0.29) is 6.10 Å². The Labute approximate surface area is 78.8 Å². The van der Waals surface area contributed by atoms with E-state index in [1.165, 1.54) is 0 Å². The lowest BCUT2D eigenvalue weighted by molar-refractivity contribution is 0.188. The highest BCUT2D eigenvalue weighted by molar-refractivity contribution is 5.93. The molecule has 2 heterocycles. The number of amidine groups is 1. The van der Waals surface area contributed by atoms with Crippen LogP contribution >= 0.6 is 0 Å². The molecule has 0 aromatic rings. The summed E-state index contributed by atoms with van der Waals surface area (Å²) in [5.41, 5.74) is 0. The number of aliphatic hydroxyl groups excluding tert-OH is 1. The van der Waals surface area contributed by atoms with Gasteiger partial charge in [0.2, 0.25) is 0 Å². The topological polar surface area (TPSA) is 35.8 Å². The van der Waals surface area contributed by atoms with Gasteiger partial charge < -0.3 is 10.0 Å².